The van der Waals surface area contributed by atoms with Crippen LogP contribution in [0.5, 0.6) is 0 Å². The highest BCUT2D eigenvalue weighted by Crippen LogP contribution is 2.47. The normalized spacial score (nSPS) is 17.6. The summed E-state index contributed by atoms with van der Waals surface area (Å²) in [5, 5.41) is 0.555. The number of benzene rings is 2. The summed E-state index contributed by atoms with van der Waals surface area (Å²) in [6.07, 6.45) is 0. The predicted molar refractivity (Wildman–Crippen MR) is 136 cm³/mol. The number of rotatable bonds is 5. The molecule has 0 radical (unpaired) electrons. The van der Waals surface area contributed by atoms with Crippen LogP contribution >= 0.6 is 11.3 Å². The van der Waals surface area contributed by atoms with Crippen LogP contribution in [-0.2, 0) is 19.1 Å². The number of ether oxygens (including phenoxy) is 2. The van der Waals surface area contributed by atoms with Crippen molar-refractivity contribution in [2.24, 2.45) is 0 Å². The number of allylic oxidation sites excluding steroid dienone is 1. The van der Waals surface area contributed by atoms with E-state index in [1.807, 2.05) is 55.1 Å². The number of nitrogens with zero attached hydrogens (tertiary/aromatic N) is 1. The van der Waals surface area contributed by atoms with Gasteiger partial charge in [0.15, 0.2) is 5.43 Å². The molecule has 0 saturated heterocycles. The molecule has 1 aromatic heterocycles. The first-order chi connectivity index (χ1) is 17.0. The maximum atomic E-state index is 13.3. The zero-order chi connectivity index (χ0) is 24.7. The number of hydrogen-bond donors (Lipinski definition) is 0. The first-order valence-electron chi connectivity index (χ1n) is 11.6. The smallest absolute Gasteiger partial charge is 0.337 e. The first kappa shape index (κ1) is 23.1. The van der Waals surface area contributed by atoms with E-state index in [4.69, 9.17) is 9.47 Å². The number of carbonyl (C=O) groups excluding carboxylic acids is 2. The molecule has 1 unspecified atom stereocenters. The minimum Gasteiger partial charge on any atom is -0.463 e. The molecule has 0 amide bonds. The third kappa shape index (κ3) is 3.76. The molecule has 0 saturated carbocycles. The van der Waals surface area contributed by atoms with Gasteiger partial charge in [-0.3, -0.25) is 4.79 Å². The van der Waals surface area contributed by atoms with Crippen LogP contribution in [0.25, 0.3) is 20.5 Å². The van der Waals surface area contributed by atoms with Crippen molar-refractivity contribution in [3.8, 4) is 10.4 Å². The van der Waals surface area contributed by atoms with E-state index < -0.39 is 17.9 Å². The molecule has 0 N–H and O–H groups in total. The van der Waals surface area contributed by atoms with E-state index in [0.717, 1.165) is 32.1 Å². The molecule has 6 nitrogen and oxygen atoms in total. The lowest BCUT2D eigenvalue weighted by molar-refractivity contribution is -0.139. The Kier molecular flexibility index (Phi) is 6.03. The fourth-order valence-electron chi connectivity index (χ4n) is 5.00. The lowest BCUT2D eigenvalue weighted by atomic mass is 9.80. The number of esters is 2. The van der Waals surface area contributed by atoms with Crippen LogP contribution in [0, 0.1) is 0 Å². The summed E-state index contributed by atoms with van der Waals surface area (Å²) in [5.74, 6) is -1.60. The Labute approximate surface area is 207 Å². The molecule has 0 aliphatic carbocycles. The maximum absolute atomic E-state index is 13.3. The number of carbonyl (C=O) groups is 2. The summed E-state index contributed by atoms with van der Waals surface area (Å²) in [6, 6.07) is 16.8. The highest BCUT2D eigenvalue weighted by Gasteiger charge is 2.45. The highest BCUT2D eigenvalue weighted by molar-refractivity contribution is 7.21. The average molecular weight is 488 g/mol. The van der Waals surface area contributed by atoms with Crippen molar-refractivity contribution in [2.45, 2.75) is 26.7 Å². The van der Waals surface area contributed by atoms with Gasteiger partial charge in [-0.15, -0.1) is 11.3 Å². The molecule has 3 aromatic rings. The van der Waals surface area contributed by atoms with E-state index in [2.05, 4.69) is 0 Å². The van der Waals surface area contributed by atoms with E-state index in [1.165, 1.54) is 11.3 Å². The second-order valence-electron chi connectivity index (χ2n) is 8.40. The number of hydrogen-bond acceptors (Lipinski definition) is 7. The molecule has 2 aliphatic rings. The number of fused-ring (bicyclic) bond motifs is 1. The molecule has 1 atom stereocenters. The van der Waals surface area contributed by atoms with Gasteiger partial charge in [0.25, 0.3) is 0 Å². The number of cyclic esters (lactones) is 1. The zero-order valence-corrected chi connectivity index (χ0v) is 20.6. The van der Waals surface area contributed by atoms with Gasteiger partial charge in [-0.1, -0.05) is 42.5 Å². The van der Waals surface area contributed by atoms with Crippen molar-refractivity contribution in [1.29, 1.82) is 0 Å². The van der Waals surface area contributed by atoms with Crippen LogP contribution in [0.4, 0.5) is 0 Å². The number of likely N-dealkylation sites (N-methyl/N-ethyl adjacent to an activating group) is 1. The van der Waals surface area contributed by atoms with Gasteiger partial charge in [-0.05, 0) is 38.0 Å². The van der Waals surface area contributed by atoms with Crippen LogP contribution in [0.15, 0.2) is 81.9 Å². The van der Waals surface area contributed by atoms with Gasteiger partial charge in [-0.2, -0.15) is 0 Å². The van der Waals surface area contributed by atoms with E-state index in [9.17, 15) is 14.4 Å². The van der Waals surface area contributed by atoms with Crippen molar-refractivity contribution in [3.63, 3.8) is 0 Å². The van der Waals surface area contributed by atoms with Gasteiger partial charge in [0.2, 0.25) is 0 Å². The van der Waals surface area contributed by atoms with Crippen molar-refractivity contribution in [2.75, 3.05) is 19.8 Å². The van der Waals surface area contributed by atoms with Gasteiger partial charge in [0, 0.05) is 33.3 Å². The molecule has 0 spiro atoms. The molecule has 0 bridgehead atoms. The summed E-state index contributed by atoms with van der Waals surface area (Å²) in [7, 11) is 0. The SMILES string of the molecule is CCOC(=O)C1=C(C)N(CC)C2=C(C(=O)OC2)C1c1cccc2c(=O)cc(-c3ccccc3)sc12. The Hall–Kier alpha value is -3.71. The van der Waals surface area contributed by atoms with Crippen molar-refractivity contribution < 1.29 is 19.1 Å². The van der Waals surface area contributed by atoms with Crippen LogP contribution in [0.2, 0.25) is 0 Å². The molecule has 2 aliphatic heterocycles. The van der Waals surface area contributed by atoms with Crippen LogP contribution in [-0.4, -0.2) is 36.6 Å². The molecule has 178 valence electrons. The molecule has 3 heterocycles. The quantitative estimate of drug-likeness (QED) is 0.472. The first-order valence-corrected chi connectivity index (χ1v) is 12.5. The van der Waals surface area contributed by atoms with Crippen LogP contribution < -0.4 is 5.43 Å². The Balaban J connectivity index is 1.81. The topological polar surface area (TPSA) is 72.9 Å². The Morgan fingerprint density at radius 3 is 2.60 bits per heavy atom. The maximum Gasteiger partial charge on any atom is 0.337 e. The Morgan fingerprint density at radius 2 is 1.89 bits per heavy atom. The van der Waals surface area contributed by atoms with Gasteiger partial charge in [0.1, 0.15) is 6.61 Å². The largest absolute Gasteiger partial charge is 0.463 e. The molecular weight excluding hydrogens is 462 g/mol. The van der Waals surface area contributed by atoms with Crippen LogP contribution in [0.3, 0.4) is 0 Å². The van der Waals surface area contributed by atoms with Crippen molar-refractivity contribution in [1.82, 2.24) is 4.90 Å². The molecule has 7 heteroatoms. The molecule has 5 rings (SSSR count). The zero-order valence-electron chi connectivity index (χ0n) is 19.8. The van der Waals surface area contributed by atoms with Crippen molar-refractivity contribution >= 4 is 33.4 Å². The summed E-state index contributed by atoms with van der Waals surface area (Å²) >= 11 is 1.48. The van der Waals surface area contributed by atoms with E-state index in [1.54, 1.807) is 25.1 Å². The predicted octanol–water partition coefficient (Wildman–Crippen LogP) is 5.00. The van der Waals surface area contributed by atoms with Crippen LogP contribution in [0.1, 0.15) is 32.3 Å². The monoisotopic (exact) mass is 487 g/mol. The lowest BCUT2D eigenvalue weighted by Gasteiger charge is -2.35. The second-order valence-corrected chi connectivity index (χ2v) is 9.45. The molecular formula is C28H25NO5S. The van der Waals surface area contributed by atoms with Crippen molar-refractivity contribution in [3.05, 3.63) is 92.9 Å². The highest BCUT2D eigenvalue weighted by atomic mass is 32.1. The van der Waals surface area contributed by atoms with Gasteiger partial charge >= 0.3 is 11.9 Å². The van der Waals surface area contributed by atoms with E-state index >= 15 is 0 Å². The van der Waals surface area contributed by atoms with Gasteiger partial charge in [0.05, 0.1) is 29.4 Å². The summed E-state index contributed by atoms with van der Waals surface area (Å²) in [5.41, 5.74) is 3.90. The molecule has 0 fully saturated rings. The minimum atomic E-state index is -0.688. The fraction of sp³-hybridized carbons (Fsp3) is 0.250. The minimum absolute atomic E-state index is 0.105. The average Bonchev–Trinajstić information content (AvgIpc) is 3.24. The Morgan fingerprint density at radius 1 is 1.11 bits per heavy atom. The molecule has 2 aromatic carbocycles. The fourth-order valence-corrected chi connectivity index (χ4v) is 6.22. The Bertz CT molecular complexity index is 1470. The van der Waals surface area contributed by atoms with E-state index in [-0.39, 0.29) is 18.6 Å². The lowest BCUT2D eigenvalue weighted by Crippen LogP contribution is -2.33. The summed E-state index contributed by atoms with van der Waals surface area (Å²) < 4.78 is 11.7. The summed E-state index contributed by atoms with van der Waals surface area (Å²) in [4.78, 5) is 42.3. The summed E-state index contributed by atoms with van der Waals surface area (Å²) in [6.45, 7) is 6.55. The third-order valence-electron chi connectivity index (χ3n) is 6.53. The van der Waals surface area contributed by atoms with Gasteiger partial charge < -0.3 is 14.4 Å². The third-order valence-corrected chi connectivity index (χ3v) is 7.77. The second kappa shape index (κ2) is 9.15. The van der Waals surface area contributed by atoms with E-state index in [0.29, 0.717) is 23.1 Å². The standard InChI is InChI=1S/C28H25NO5S/c1-4-29-16(3)23(27(31)33-5-2)24(25-20(29)15-34-28(25)32)19-13-9-12-18-21(30)14-22(35-26(18)19)17-10-7-6-8-11-17/h6-14,24H,4-5,15H2,1-3H3. The molecule has 35 heavy (non-hydrogen) atoms. The van der Waals surface area contributed by atoms with Gasteiger partial charge in [-0.25, -0.2) is 9.59 Å².